The molecule has 2 aliphatic heterocycles. The molecule has 0 saturated carbocycles. The summed E-state index contributed by atoms with van der Waals surface area (Å²) in [7, 11) is 0. The fourth-order valence-corrected chi connectivity index (χ4v) is 3.78. The molecule has 1 aromatic carbocycles. The van der Waals surface area contributed by atoms with E-state index in [0.717, 1.165) is 31.5 Å². The minimum absolute atomic E-state index is 0.00196. The summed E-state index contributed by atoms with van der Waals surface area (Å²) in [5.41, 5.74) is 1.19. The quantitative estimate of drug-likeness (QED) is 0.835. The molecule has 2 heterocycles. The van der Waals surface area contributed by atoms with Crippen LogP contribution in [0.5, 0.6) is 0 Å². The van der Waals surface area contributed by atoms with Crippen LogP contribution in [0.3, 0.4) is 0 Å². The second-order valence-electron chi connectivity index (χ2n) is 7.12. The number of nitrogens with zero attached hydrogens (tertiary/aromatic N) is 1. The van der Waals surface area contributed by atoms with Gasteiger partial charge in [0.25, 0.3) is 5.91 Å². The number of urea groups is 1. The summed E-state index contributed by atoms with van der Waals surface area (Å²) < 4.78 is 0. The van der Waals surface area contributed by atoms with Crippen LogP contribution < -0.4 is 10.6 Å². The lowest BCUT2D eigenvalue weighted by Gasteiger charge is -2.31. The Labute approximate surface area is 143 Å². The summed E-state index contributed by atoms with van der Waals surface area (Å²) in [5, 5.41) is 6.28. The first kappa shape index (κ1) is 17.0. The number of nitrogens with one attached hydrogen (secondary N) is 2. The monoisotopic (exact) mass is 329 g/mol. The molecular formula is C19H27N3O2. The molecule has 1 aromatic rings. The number of hydrogen-bond donors (Lipinski definition) is 2. The molecule has 2 aliphatic rings. The Morgan fingerprint density at radius 3 is 2.33 bits per heavy atom. The van der Waals surface area contributed by atoms with E-state index < -0.39 is 5.54 Å². The van der Waals surface area contributed by atoms with Crippen molar-refractivity contribution in [1.82, 2.24) is 15.5 Å². The standard InChI is InChI=1S/C19H27N3O2/c1-4-19(15-7-5-14(6-8-15)13(2)3)17(23)22(18(24)21-19)16-9-11-20-12-10-16/h5-8,13,16,20H,4,9-12H2,1-3H3,(H,21,24). The summed E-state index contributed by atoms with van der Waals surface area (Å²) in [6, 6.07) is 7.85. The molecule has 0 aromatic heterocycles. The van der Waals surface area contributed by atoms with Gasteiger partial charge in [0.05, 0.1) is 0 Å². The minimum atomic E-state index is -0.919. The minimum Gasteiger partial charge on any atom is -0.319 e. The molecule has 130 valence electrons. The van der Waals surface area contributed by atoms with E-state index in [2.05, 4.69) is 36.6 Å². The summed E-state index contributed by atoms with van der Waals surface area (Å²) in [6.07, 6.45) is 2.20. The number of benzene rings is 1. The molecule has 1 atom stereocenters. The zero-order chi connectivity index (χ0) is 17.3. The summed E-state index contributed by atoms with van der Waals surface area (Å²) in [4.78, 5) is 27.3. The van der Waals surface area contributed by atoms with Gasteiger partial charge in [-0.1, -0.05) is 45.0 Å². The van der Waals surface area contributed by atoms with Gasteiger partial charge >= 0.3 is 6.03 Å². The number of piperidine rings is 1. The molecule has 3 amide bonds. The van der Waals surface area contributed by atoms with E-state index >= 15 is 0 Å². The molecular weight excluding hydrogens is 302 g/mol. The molecule has 0 aliphatic carbocycles. The van der Waals surface area contributed by atoms with Crippen LogP contribution in [0.1, 0.15) is 57.1 Å². The maximum Gasteiger partial charge on any atom is 0.325 e. The fourth-order valence-electron chi connectivity index (χ4n) is 3.78. The maximum absolute atomic E-state index is 13.2. The summed E-state index contributed by atoms with van der Waals surface area (Å²) in [6.45, 7) is 7.95. The Morgan fingerprint density at radius 1 is 1.17 bits per heavy atom. The molecule has 2 N–H and O–H groups in total. The van der Waals surface area contributed by atoms with Crippen LogP contribution in [0.2, 0.25) is 0 Å². The van der Waals surface area contributed by atoms with Gasteiger partial charge in [-0.15, -0.1) is 0 Å². The maximum atomic E-state index is 13.2. The number of amides is 3. The van der Waals surface area contributed by atoms with Crippen LogP contribution >= 0.6 is 0 Å². The molecule has 24 heavy (non-hydrogen) atoms. The van der Waals surface area contributed by atoms with Gasteiger partial charge in [0.1, 0.15) is 5.54 Å². The third-order valence-electron chi connectivity index (χ3n) is 5.40. The van der Waals surface area contributed by atoms with Gasteiger partial charge < -0.3 is 10.6 Å². The lowest BCUT2D eigenvalue weighted by molar-refractivity contribution is -0.133. The highest BCUT2D eigenvalue weighted by molar-refractivity contribution is 6.07. The van der Waals surface area contributed by atoms with E-state index in [1.54, 1.807) is 0 Å². The van der Waals surface area contributed by atoms with Crippen molar-refractivity contribution < 1.29 is 9.59 Å². The topological polar surface area (TPSA) is 61.4 Å². The Hall–Kier alpha value is -1.88. The first-order chi connectivity index (χ1) is 11.5. The van der Waals surface area contributed by atoms with Crippen molar-refractivity contribution in [3.8, 4) is 0 Å². The molecule has 2 fully saturated rings. The smallest absolute Gasteiger partial charge is 0.319 e. The number of imide groups is 1. The number of carbonyl (C=O) groups excluding carboxylic acids is 2. The fraction of sp³-hybridized carbons (Fsp3) is 0.579. The van der Waals surface area contributed by atoms with Gasteiger partial charge in [0.2, 0.25) is 0 Å². The van der Waals surface area contributed by atoms with Crippen molar-refractivity contribution in [3.63, 3.8) is 0 Å². The molecule has 5 nitrogen and oxygen atoms in total. The summed E-state index contributed by atoms with van der Waals surface area (Å²) in [5.74, 6) is 0.343. The van der Waals surface area contributed by atoms with Crippen LogP contribution in [0.15, 0.2) is 24.3 Å². The first-order valence-corrected chi connectivity index (χ1v) is 8.96. The van der Waals surface area contributed by atoms with E-state index in [4.69, 9.17) is 0 Å². The van der Waals surface area contributed by atoms with Crippen LogP contribution in [0, 0.1) is 0 Å². The largest absolute Gasteiger partial charge is 0.325 e. The van der Waals surface area contributed by atoms with Crippen molar-refractivity contribution in [1.29, 1.82) is 0 Å². The number of rotatable bonds is 4. The zero-order valence-electron chi connectivity index (χ0n) is 14.8. The highest BCUT2D eigenvalue weighted by Crippen LogP contribution is 2.35. The highest BCUT2D eigenvalue weighted by atomic mass is 16.2. The van der Waals surface area contributed by atoms with Gasteiger partial charge in [-0.25, -0.2) is 4.79 Å². The van der Waals surface area contributed by atoms with Crippen molar-refractivity contribution in [3.05, 3.63) is 35.4 Å². The van der Waals surface area contributed by atoms with Crippen LogP contribution in [0.25, 0.3) is 0 Å². The van der Waals surface area contributed by atoms with Gasteiger partial charge in [0.15, 0.2) is 0 Å². The van der Waals surface area contributed by atoms with E-state index in [-0.39, 0.29) is 18.0 Å². The van der Waals surface area contributed by atoms with E-state index in [9.17, 15) is 9.59 Å². The normalized spacial score (nSPS) is 25.4. The van der Waals surface area contributed by atoms with Gasteiger partial charge in [-0.05, 0) is 49.4 Å². The van der Waals surface area contributed by atoms with E-state index in [1.807, 2.05) is 19.1 Å². The second kappa shape index (κ2) is 6.55. The van der Waals surface area contributed by atoms with Gasteiger partial charge in [-0.2, -0.15) is 0 Å². The lowest BCUT2D eigenvalue weighted by Crippen LogP contribution is -2.48. The third-order valence-corrected chi connectivity index (χ3v) is 5.40. The van der Waals surface area contributed by atoms with Gasteiger partial charge in [0, 0.05) is 6.04 Å². The molecule has 1 unspecified atom stereocenters. The Kier molecular flexibility index (Phi) is 4.63. The third kappa shape index (κ3) is 2.71. The molecule has 2 saturated heterocycles. The molecule has 5 heteroatoms. The predicted octanol–water partition coefficient (Wildman–Crippen LogP) is 2.72. The Balaban J connectivity index is 1.92. The van der Waals surface area contributed by atoms with E-state index in [1.165, 1.54) is 10.5 Å². The summed E-state index contributed by atoms with van der Waals surface area (Å²) >= 11 is 0. The van der Waals surface area contributed by atoms with Gasteiger partial charge in [-0.3, -0.25) is 9.69 Å². The van der Waals surface area contributed by atoms with Crippen LogP contribution in [0.4, 0.5) is 4.79 Å². The predicted molar refractivity (Wildman–Crippen MR) is 93.8 cm³/mol. The Bertz CT molecular complexity index is 620. The number of carbonyl (C=O) groups is 2. The SMILES string of the molecule is CCC1(c2ccc(C(C)C)cc2)NC(=O)N(C2CCNCC2)C1=O. The molecule has 0 bridgehead atoms. The van der Waals surface area contributed by atoms with Crippen molar-refractivity contribution in [2.45, 2.75) is 57.5 Å². The van der Waals surface area contributed by atoms with Crippen molar-refractivity contribution >= 4 is 11.9 Å². The average molecular weight is 329 g/mol. The van der Waals surface area contributed by atoms with Crippen molar-refractivity contribution in [2.75, 3.05) is 13.1 Å². The molecule has 3 rings (SSSR count). The lowest BCUT2D eigenvalue weighted by atomic mass is 9.85. The van der Waals surface area contributed by atoms with Crippen molar-refractivity contribution in [2.24, 2.45) is 0 Å². The van der Waals surface area contributed by atoms with Crippen LogP contribution in [-0.2, 0) is 10.3 Å². The molecule has 0 spiro atoms. The number of hydrogen-bond acceptors (Lipinski definition) is 3. The zero-order valence-corrected chi connectivity index (χ0v) is 14.8. The van der Waals surface area contributed by atoms with E-state index in [0.29, 0.717) is 12.3 Å². The molecule has 0 radical (unpaired) electrons. The Morgan fingerprint density at radius 2 is 1.79 bits per heavy atom. The van der Waals surface area contributed by atoms with Crippen LogP contribution in [-0.4, -0.2) is 36.0 Å². The average Bonchev–Trinajstić information content (AvgIpc) is 2.87. The first-order valence-electron chi connectivity index (χ1n) is 8.96. The second-order valence-corrected chi connectivity index (χ2v) is 7.12. The highest BCUT2D eigenvalue weighted by Gasteiger charge is 2.53.